The molecule has 18 heteroatoms. The van der Waals surface area contributed by atoms with Gasteiger partial charge in [0.25, 0.3) is 0 Å². The Kier molecular flexibility index (Phi) is 17.5. The molecular weight excluding hydrogens is 935 g/mol. The van der Waals surface area contributed by atoms with E-state index in [4.69, 9.17) is 9.47 Å². The standard InChI is InChI=1S/C55H81N7O11/c1-31(59(15)50(70)72-54(9,10)11)44(63)57-42(52(3,4)5)47(66)61-29-36-26-34(24-25-35(36)27-40(61)46(65)56-39-23-19-21-33-20-17-18-22-38(33)39)37-28-41(49(68)69)62(30-37)48(67)43(53(6,7)8)58-45(64)32(2)60(16)51(71)73-55(12,13)14/h17-18,20,22,24-26,31-32,37,39-43H,19,21,23,27-30H2,1-16H3,(H,56,65)(H,57,63)(H,58,64)(H,68,69)/t31-,32-,37-,39+,40-,41-,42+,43+/m0/s1. The third-order valence-corrected chi connectivity index (χ3v) is 14.1. The number of aliphatic carboxylic acids is 1. The first kappa shape index (κ1) is 57.7. The van der Waals surface area contributed by atoms with Gasteiger partial charge in [-0.25, -0.2) is 14.4 Å². The molecule has 8 atom stereocenters. The minimum Gasteiger partial charge on any atom is -0.480 e. The van der Waals surface area contributed by atoms with Crippen LogP contribution in [0.25, 0.3) is 0 Å². The number of fused-ring (bicyclic) bond motifs is 2. The van der Waals surface area contributed by atoms with Gasteiger partial charge in [0.1, 0.15) is 47.5 Å². The molecule has 1 fully saturated rings. The fourth-order valence-electron chi connectivity index (χ4n) is 9.54. The molecule has 7 amide bonds. The molecule has 2 heterocycles. The van der Waals surface area contributed by atoms with Crippen molar-refractivity contribution in [1.82, 2.24) is 35.6 Å². The minimum absolute atomic E-state index is 0.00892. The Morgan fingerprint density at radius 3 is 1.67 bits per heavy atom. The van der Waals surface area contributed by atoms with Crippen molar-refractivity contribution in [2.75, 3.05) is 20.6 Å². The maximum Gasteiger partial charge on any atom is 0.410 e. The molecule has 2 aliphatic heterocycles. The Bertz CT molecular complexity index is 2430. The monoisotopic (exact) mass is 1020 g/mol. The number of carbonyl (C=O) groups excluding carboxylic acids is 7. The van der Waals surface area contributed by atoms with E-state index in [0.717, 1.165) is 52.0 Å². The minimum atomic E-state index is -1.24. The lowest BCUT2D eigenvalue weighted by atomic mass is 9.83. The molecule has 0 aromatic heterocycles. The summed E-state index contributed by atoms with van der Waals surface area (Å²) in [4.78, 5) is 116. The molecule has 0 saturated carbocycles. The van der Waals surface area contributed by atoms with Gasteiger partial charge in [-0.1, -0.05) is 84.0 Å². The Balaban J connectivity index is 1.46. The van der Waals surface area contributed by atoms with Crippen molar-refractivity contribution in [1.29, 1.82) is 0 Å². The molecule has 18 nitrogen and oxygen atoms in total. The number of hydrogen-bond acceptors (Lipinski definition) is 10. The van der Waals surface area contributed by atoms with Gasteiger partial charge in [-0.3, -0.25) is 33.8 Å². The van der Waals surface area contributed by atoms with Crippen molar-refractivity contribution in [3.8, 4) is 0 Å². The van der Waals surface area contributed by atoms with Gasteiger partial charge in [-0.15, -0.1) is 0 Å². The molecule has 2 aromatic rings. The van der Waals surface area contributed by atoms with Crippen LogP contribution >= 0.6 is 0 Å². The Morgan fingerprint density at radius 1 is 0.671 bits per heavy atom. The number of likely N-dealkylation sites (N-methyl/N-ethyl adjacent to an activating group) is 2. The van der Waals surface area contributed by atoms with Crippen LogP contribution in [0.1, 0.15) is 156 Å². The van der Waals surface area contributed by atoms with E-state index in [-0.39, 0.29) is 37.9 Å². The average Bonchev–Trinajstić information content (AvgIpc) is 3.75. The van der Waals surface area contributed by atoms with Crippen molar-refractivity contribution >= 4 is 47.7 Å². The van der Waals surface area contributed by atoms with Crippen LogP contribution in [0.3, 0.4) is 0 Å². The molecule has 2 aromatic carbocycles. The SMILES string of the molecule is C[C@@H](C(=O)N[C@H](C(=O)N1C[C@@H](c2ccc3c(c2)CN(C(=O)[C@@H](NC(=O)[C@H](C)N(C)C(=O)OC(C)(C)C)C(C)(C)C)[C@H](C(=O)N[C@@H]2CCCc4ccccc42)C3)C[C@H]1C(=O)O)C(C)(C)C)N(C)C(=O)OC(C)(C)C. The predicted octanol–water partition coefficient (Wildman–Crippen LogP) is 6.48. The summed E-state index contributed by atoms with van der Waals surface area (Å²) in [7, 11) is 2.87. The maximum absolute atomic E-state index is 15.2. The topological polar surface area (TPSA) is 224 Å². The Morgan fingerprint density at radius 2 is 1.18 bits per heavy atom. The van der Waals surface area contributed by atoms with E-state index in [1.807, 2.05) is 57.2 Å². The number of nitrogens with one attached hydrogen (secondary N) is 3. The molecular formula is C55H81N7O11. The first-order valence-corrected chi connectivity index (χ1v) is 25.5. The first-order valence-electron chi connectivity index (χ1n) is 25.5. The zero-order valence-corrected chi connectivity index (χ0v) is 45.9. The fraction of sp³-hybridized carbons (Fsp3) is 0.636. The second kappa shape index (κ2) is 22.1. The molecule has 402 valence electrons. The lowest BCUT2D eigenvalue weighted by molar-refractivity contribution is -0.151. The van der Waals surface area contributed by atoms with Crippen molar-refractivity contribution in [3.05, 3.63) is 70.3 Å². The summed E-state index contributed by atoms with van der Waals surface area (Å²) in [6.45, 7) is 24.0. The van der Waals surface area contributed by atoms with Gasteiger partial charge in [-0.2, -0.15) is 0 Å². The summed E-state index contributed by atoms with van der Waals surface area (Å²) in [5.41, 5.74) is 1.07. The fourth-order valence-corrected chi connectivity index (χ4v) is 9.54. The van der Waals surface area contributed by atoms with Crippen LogP contribution in [0.2, 0.25) is 0 Å². The van der Waals surface area contributed by atoms with E-state index < -0.39 is 106 Å². The first-order chi connectivity index (χ1) is 33.6. The van der Waals surface area contributed by atoms with E-state index in [0.29, 0.717) is 0 Å². The summed E-state index contributed by atoms with van der Waals surface area (Å²) in [5, 5.41) is 19.6. The average molecular weight is 1020 g/mol. The molecule has 0 radical (unpaired) electrons. The van der Waals surface area contributed by atoms with Crippen molar-refractivity contribution in [3.63, 3.8) is 0 Å². The quantitative estimate of drug-likeness (QED) is 0.180. The van der Waals surface area contributed by atoms with Crippen molar-refractivity contribution < 1.29 is 52.9 Å². The number of ether oxygens (including phenoxy) is 2. The van der Waals surface area contributed by atoms with Gasteiger partial charge in [0.15, 0.2) is 0 Å². The van der Waals surface area contributed by atoms with Gasteiger partial charge in [0, 0.05) is 39.5 Å². The highest BCUT2D eigenvalue weighted by molar-refractivity contribution is 5.95. The van der Waals surface area contributed by atoms with Crippen LogP contribution in [0.4, 0.5) is 9.59 Å². The molecule has 73 heavy (non-hydrogen) atoms. The highest BCUT2D eigenvalue weighted by Gasteiger charge is 2.48. The van der Waals surface area contributed by atoms with Crippen LogP contribution in [-0.4, -0.2) is 140 Å². The summed E-state index contributed by atoms with van der Waals surface area (Å²) >= 11 is 0. The van der Waals surface area contributed by atoms with E-state index in [2.05, 4.69) is 22.0 Å². The Labute approximate surface area is 431 Å². The molecule has 1 saturated heterocycles. The second-order valence-corrected chi connectivity index (χ2v) is 24.3. The second-order valence-electron chi connectivity index (χ2n) is 24.3. The largest absolute Gasteiger partial charge is 0.480 e. The van der Waals surface area contributed by atoms with Crippen LogP contribution in [-0.2, 0) is 57.6 Å². The summed E-state index contributed by atoms with van der Waals surface area (Å²) in [6, 6.07) is 6.80. The number of carbonyl (C=O) groups is 8. The molecule has 3 aliphatic rings. The van der Waals surface area contributed by atoms with Crippen LogP contribution in [0.15, 0.2) is 42.5 Å². The Hall–Kier alpha value is -6.20. The van der Waals surface area contributed by atoms with Crippen molar-refractivity contribution in [2.24, 2.45) is 10.8 Å². The summed E-state index contributed by atoms with van der Waals surface area (Å²) in [5.74, 6) is -4.32. The van der Waals surface area contributed by atoms with Gasteiger partial charge in [-0.05, 0) is 120 Å². The van der Waals surface area contributed by atoms with Crippen LogP contribution < -0.4 is 16.0 Å². The van der Waals surface area contributed by atoms with Gasteiger partial charge < -0.3 is 40.3 Å². The van der Waals surface area contributed by atoms with E-state index >= 15 is 4.79 Å². The van der Waals surface area contributed by atoms with Gasteiger partial charge >= 0.3 is 18.2 Å². The highest BCUT2D eigenvalue weighted by atomic mass is 16.6. The number of carboxylic acids is 1. The predicted molar refractivity (Wildman–Crippen MR) is 275 cm³/mol. The molecule has 0 bridgehead atoms. The third-order valence-electron chi connectivity index (χ3n) is 14.1. The number of nitrogens with zero attached hydrogens (tertiary/aromatic N) is 4. The lowest BCUT2D eigenvalue weighted by Crippen LogP contribution is -2.62. The van der Waals surface area contributed by atoms with Gasteiger partial charge in [0.2, 0.25) is 29.5 Å². The van der Waals surface area contributed by atoms with Crippen molar-refractivity contribution in [2.45, 2.75) is 195 Å². The highest BCUT2D eigenvalue weighted by Crippen LogP contribution is 2.38. The molecule has 0 spiro atoms. The molecule has 4 N–H and O–H groups in total. The zero-order valence-electron chi connectivity index (χ0n) is 45.9. The third kappa shape index (κ3) is 14.1. The number of hydrogen-bond donors (Lipinski definition) is 4. The zero-order chi connectivity index (χ0) is 54.9. The lowest BCUT2D eigenvalue weighted by Gasteiger charge is -2.42. The normalized spacial score (nSPS) is 20.7. The van der Waals surface area contributed by atoms with Crippen LogP contribution in [0, 0.1) is 10.8 Å². The number of carboxylic acid groups (broad SMARTS) is 1. The van der Waals surface area contributed by atoms with Crippen LogP contribution in [0.5, 0.6) is 0 Å². The number of aryl methyl sites for hydroxylation is 1. The van der Waals surface area contributed by atoms with E-state index in [1.165, 1.54) is 35.7 Å². The smallest absolute Gasteiger partial charge is 0.410 e. The number of amides is 7. The van der Waals surface area contributed by atoms with Gasteiger partial charge in [0.05, 0.1) is 6.04 Å². The molecule has 0 unspecified atom stereocenters. The van der Waals surface area contributed by atoms with E-state index in [1.54, 1.807) is 69.2 Å². The van der Waals surface area contributed by atoms with E-state index in [9.17, 15) is 38.7 Å². The summed E-state index contributed by atoms with van der Waals surface area (Å²) < 4.78 is 10.9. The number of likely N-dealkylation sites (tertiary alicyclic amines) is 1. The molecule has 5 rings (SSSR count). The number of benzene rings is 2. The molecule has 1 aliphatic carbocycles. The maximum atomic E-state index is 15.2. The number of rotatable bonds is 12. The summed E-state index contributed by atoms with van der Waals surface area (Å²) in [6.07, 6.45) is 1.26.